The number of nitro groups is 1. The average molecular weight is 325 g/mol. The molecule has 2 unspecified atom stereocenters. The summed E-state index contributed by atoms with van der Waals surface area (Å²) in [4.78, 5) is 45.6. The van der Waals surface area contributed by atoms with Crippen molar-refractivity contribution in [1.29, 1.82) is 0 Å². The molecule has 9 nitrogen and oxygen atoms in total. The van der Waals surface area contributed by atoms with Gasteiger partial charge in [-0.2, -0.15) is 0 Å². The van der Waals surface area contributed by atoms with Crippen LogP contribution >= 0.6 is 0 Å². The van der Waals surface area contributed by atoms with Crippen molar-refractivity contribution in [2.45, 2.75) is 39.3 Å². The number of aromatic nitrogens is 1. The number of nitrogens with zero attached hydrogens (tertiary/aromatic N) is 2. The van der Waals surface area contributed by atoms with Crippen molar-refractivity contribution in [2.24, 2.45) is 5.92 Å². The molecule has 2 atom stereocenters. The quantitative estimate of drug-likeness (QED) is 0.566. The first kappa shape index (κ1) is 18.3. The molecular weight excluding hydrogens is 306 g/mol. The Balaban J connectivity index is 3.24. The zero-order valence-electron chi connectivity index (χ0n) is 13.1. The second kappa shape index (κ2) is 7.52. The summed E-state index contributed by atoms with van der Waals surface area (Å²) in [7, 11) is 0. The highest BCUT2D eigenvalue weighted by atomic mass is 16.6. The van der Waals surface area contributed by atoms with Gasteiger partial charge in [0.25, 0.3) is 11.2 Å². The van der Waals surface area contributed by atoms with E-state index in [1.807, 2.05) is 0 Å². The number of carbonyl (C=O) groups excluding carboxylic acids is 1. The molecule has 1 amide bonds. The lowest BCUT2D eigenvalue weighted by atomic mass is 10.0. The minimum atomic E-state index is -1.19. The summed E-state index contributed by atoms with van der Waals surface area (Å²) in [6.07, 6.45) is 1.17. The fourth-order valence-electron chi connectivity index (χ4n) is 2.16. The van der Waals surface area contributed by atoms with E-state index in [1.165, 1.54) is 0 Å². The van der Waals surface area contributed by atoms with E-state index in [0.717, 1.165) is 22.9 Å². The van der Waals surface area contributed by atoms with E-state index in [0.29, 0.717) is 0 Å². The molecule has 1 rings (SSSR count). The summed E-state index contributed by atoms with van der Waals surface area (Å²) >= 11 is 0. The van der Waals surface area contributed by atoms with Crippen LogP contribution in [0.4, 0.5) is 5.69 Å². The van der Waals surface area contributed by atoms with Crippen LogP contribution in [0.5, 0.6) is 0 Å². The molecule has 0 aliphatic heterocycles. The number of aliphatic carboxylic acids is 1. The number of nitrogens with one attached hydrogen (secondary N) is 1. The maximum absolute atomic E-state index is 12.4. The van der Waals surface area contributed by atoms with E-state index in [-0.39, 0.29) is 18.0 Å². The highest BCUT2D eigenvalue weighted by Crippen LogP contribution is 2.19. The Morgan fingerprint density at radius 3 is 2.43 bits per heavy atom. The van der Waals surface area contributed by atoms with Gasteiger partial charge in [0, 0.05) is 12.1 Å². The summed E-state index contributed by atoms with van der Waals surface area (Å²) in [5, 5.41) is 22.2. The van der Waals surface area contributed by atoms with Crippen LogP contribution in [0.1, 0.15) is 33.2 Å². The Hall–Kier alpha value is -2.71. The number of pyridine rings is 1. The molecule has 0 aliphatic carbocycles. The molecule has 126 valence electrons. The third-order valence-electron chi connectivity index (χ3n) is 3.36. The van der Waals surface area contributed by atoms with Crippen molar-refractivity contribution in [1.82, 2.24) is 9.88 Å². The van der Waals surface area contributed by atoms with Gasteiger partial charge in [-0.3, -0.25) is 24.3 Å². The van der Waals surface area contributed by atoms with Gasteiger partial charge < -0.3 is 10.4 Å². The van der Waals surface area contributed by atoms with Crippen LogP contribution in [0.2, 0.25) is 0 Å². The van der Waals surface area contributed by atoms with Crippen LogP contribution in [0.3, 0.4) is 0 Å². The molecular formula is C14H19N3O6. The number of carbonyl (C=O) groups is 2. The minimum Gasteiger partial charge on any atom is -0.480 e. The van der Waals surface area contributed by atoms with Gasteiger partial charge in [-0.25, -0.2) is 4.79 Å². The highest BCUT2D eigenvalue weighted by molar-refractivity contribution is 5.86. The predicted molar refractivity (Wildman–Crippen MR) is 81.1 cm³/mol. The van der Waals surface area contributed by atoms with E-state index < -0.39 is 34.4 Å². The molecule has 0 aromatic carbocycles. The number of rotatable bonds is 7. The monoisotopic (exact) mass is 325 g/mol. The first-order valence-electron chi connectivity index (χ1n) is 7.08. The molecule has 2 N–H and O–H groups in total. The minimum absolute atomic E-state index is 0.176. The second-order valence-corrected chi connectivity index (χ2v) is 5.39. The molecule has 0 fully saturated rings. The molecule has 23 heavy (non-hydrogen) atoms. The van der Waals surface area contributed by atoms with Gasteiger partial charge >= 0.3 is 5.97 Å². The van der Waals surface area contributed by atoms with E-state index in [1.54, 1.807) is 20.8 Å². The van der Waals surface area contributed by atoms with Gasteiger partial charge in [-0.15, -0.1) is 0 Å². The van der Waals surface area contributed by atoms with Crippen molar-refractivity contribution in [3.8, 4) is 0 Å². The molecule has 1 heterocycles. The van der Waals surface area contributed by atoms with E-state index in [9.17, 15) is 24.5 Å². The Morgan fingerprint density at radius 1 is 1.39 bits per heavy atom. The molecule has 0 spiro atoms. The Kier molecular flexibility index (Phi) is 6.00. The molecule has 1 aromatic rings. The highest BCUT2D eigenvalue weighted by Gasteiger charge is 2.29. The van der Waals surface area contributed by atoms with E-state index in [2.05, 4.69) is 5.32 Å². The van der Waals surface area contributed by atoms with Crippen LogP contribution in [0, 0.1) is 16.0 Å². The molecule has 0 aliphatic rings. The number of hydrogen-bond acceptors (Lipinski definition) is 5. The van der Waals surface area contributed by atoms with Gasteiger partial charge in [0.15, 0.2) is 0 Å². The summed E-state index contributed by atoms with van der Waals surface area (Å²) in [6.45, 7) is 4.93. The van der Waals surface area contributed by atoms with Crippen molar-refractivity contribution in [3.63, 3.8) is 0 Å². The van der Waals surface area contributed by atoms with Crippen LogP contribution in [-0.2, 0) is 9.59 Å². The van der Waals surface area contributed by atoms with Crippen molar-refractivity contribution in [3.05, 3.63) is 38.8 Å². The van der Waals surface area contributed by atoms with Crippen LogP contribution in [-0.4, -0.2) is 32.5 Å². The van der Waals surface area contributed by atoms with Crippen molar-refractivity contribution < 1.29 is 19.6 Å². The Labute approximate surface area is 132 Å². The zero-order chi connectivity index (χ0) is 17.7. The van der Waals surface area contributed by atoms with Gasteiger partial charge in [0.1, 0.15) is 12.1 Å². The topological polar surface area (TPSA) is 132 Å². The second-order valence-electron chi connectivity index (χ2n) is 5.39. The van der Waals surface area contributed by atoms with Crippen LogP contribution in [0.15, 0.2) is 23.1 Å². The molecule has 0 saturated heterocycles. The number of carboxylic acids is 1. The predicted octanol–water partition coefficient (Wildman–Crippen LogP) is 0.933. The Bertz CT molecular complexity index is 667. The third-order valence-corrected chi connectivity index (χ3v) is 3.36. The smallest absolute Gasteiger partial charge is 0.326 e. The van der Waals surface area contributed by atoms with Gasteiger partial charge in [0.2, 0.25) is 5.91 Å². The van der Waals surface area contributed by atoms with Crippen LogP contribution in [0.25, 0.3) is 0 Å². The summed E-state index contributed by atoms with van der Waals surface area (Å²) in [5.41, 5.74) is -0.902. The largest absolute Gasteiger partial charge is 0.480 e. The first-order chi connectivity index (χ1) is 10.7. The van der Waals surface area contributed by atoms with Gasteiger partial charge in [-0.05, 0) is 12.3 Å². The summed E-state index contributed by atoms with van der Waals surface area (Å²) < 4.78 is 0.965. The van der Waals surface area contributed by atoms with Crippen molar-refractivity contribution in [2.75, 3.05) is 0 Å². The lowest BCUT2D eigenvalue weighted by Gasteiger charge is -2.24. The summed E-state index contributed by atoms with van der Waals surface area (Å²) in [5.74, 6) is -2.23. The van der Waals surface area contributed by atoms with Crippen molar-refractivity contribution >= 4 is 17.6 Å². The zero-order valence-corrected chi connectivity index (χ0v) is 13.1. The summed E-state index contributed by atoms with van der Waals surface area (Å²) in [6, 6.07) is -0.0656. The number of amides is 1. The molecule has 1 aromatic heterocycles. The van der Waals surface area contributed by atoms with Crippen LogP contribution < -0.4 is 10.9 Å². The number of hydrogen-bond donors (Lipinski definition) is 2. The van der Waals surface area contributed by atoms with Gasteiger partial charge in [-0.1, -0.05) is 20.8 Å². The fourth-order valence-corrected chi connectivity index (χ4v) is 2.16. The maximum Gasteiger partial charge on any atom is 0.326 e. The first-order valence-corrected chi connectivity index (χ1v) is 7.08. The number of carboxylic acid groups (broad SMARTS) is 1. The molecule has 0 bridgehead atoms. The lowest BCUT2D eigenvalue weighted by molar-refractivity contribution is -0.385. The lowest BCUT2D eigenvalue weighted by Crippen LogP contribution is -2.46. The van der Waals surface area contributed by atoms with E-state index >= 15 is 0 Å². The third kappa shape index (κ3) is 4.38. The SMILES string of the molecule is CCC(NC(=O)C(C(C)C)n1cc([N+](=O)[O-])ccc1=O)C(=O)O. The Morgan fingerprint density at radius 2 is 2.00 bits per heavy atom. The normalized spacial score (nSPS) is 13.4. The fraction of sp³-hybridized carbons (Fsp3) is 0.500. The standard InChI is InChI=1S/C14H19N3O6/c1-4-10(14(20)21)15-13(19)12(8(2)3)16-7-9(17(22)23)5-6-11(16)18/h5-8,10,12H,4H2,1-3H3,(H,15,19)(H,20,21). The molecule has 0 saturated carbocycles. The van der Waals surface area contributed by atoms with Gasteiger partial charge in [0.05, 0.1) is 11.1 Å². The van der Waals surface area contributed by atoms with E-state index in [4.69, 9.17) is 5.11 Å². The molecule has 9 heteroatoms. The average Bonchev–Trinajstić information content (AvgIpc) is 2.45. The molecule has 0 radical (unpaired) electrons. The maximum atomic E-state index is 12.4.